The molecule has 1 saturated heterocycles. The van der Waals surface area contributed by atoms with Crippen molar-refractivity contribution >= 4 is 26.0 Å². The lowest BCUT2D eigenvalue weighted by molar-refractivity contribution is 0.147. The van der Waals surface area contributed by atoms with Gasteiger partial charge in [0.05, 0.1) is 28.8 Å². The number of sulfonamides is 1. The lowest BCUT2D eigenvalue weighted by atomic mass is 10.1. The number of likely N-dealkylation sites (tertiary alicyclic amines) is 1. The van der Waals surface area contributed by atoms with Crippen LogP contribution >= 0.6 is 15.9 Å². The highest BCUT2D eigenvalue weighted by atomic mass is 79.9. The van der Waals surface area contributed by atoms with Gasteiger partial charge in [-0.3, -0.25) is 4.90 Å². The molecule has 3 rings (SSSR count). The number of halogens is 1. The Hall–Kier alpha value is -1.35. The molecule has 1 N–H and O–H groups in total. The maximum absolute atomic E-state index is 12.7. The number of piperidine rings is 1. The van der Waals surface area contributed by atoms with Gasteiger partial charge < -0.3 is 9.15 Å². The summed E-state index contributed by atoms with van der Waals surface area (Å²) >= 11 is 3.33. The molecule has 2 aromatic rings. The van der Waals surface area contributed by atoms with Gasteiger partial charge in [0.2, 0.25) is 10.0 Å². The maximum Gasteiger partial charge on any atom is 0.240 e. The van der Waals surface area contributed by atoms with Crippen LogP contribution in [-0.4, -0.2) is 40.1 Å². The molecule has 1 aliphatic heterocycles. The number of rotatable bonds is 7. The molecule has 26 heavy (non-hydrogen) atoms. The van der Waals surface area contributed by atoms with E-state index < -0.39 is 10.0 Å². The quantitative estimate of drug-likeness (QED) is 0.709. The SMILES string of the molecule is COc1ccc(S(=O)(=O)NCC(c2ccco2)N2CCCCC2)cc1Br. The van der Waals surface area contributed by atoms with Crippen LogP contribution in [0.1, 0.15) is 31.1 Å². The van der Waals surface area contributed by atoms with Gasteiger partial charge in [0, 0.05) is 6.54 Å². The Morgan fingerprint density at radius 2 is 2.04 bits per heavy atom. The van der Waals surface area contributed by atoms with Gasteiger partial charge in [0.1, 0.15) is 11.5 Å². The van der Waals surface area contributed by atoms with E-state index in [0.29, 0.717) is 10.2 Å². The van der Waals surface area contributed by atoms with Crippen molar-refractivity contribution in [3.8, 4) is 5.75 Å². The van der Waals surface area contributed by atoms with Gasteiger partial charge in [-0.05, 0) is 72.2 Å². The molecule has 0 spiro atoms. The van der Waals surface area contributed by atoms with E-state index in [9.17, 15) is 8.42 Å². The second-order valence-corrected chi connectivity index (χ2v) is 8.90. The molecule has 8 heteroatoms. The number of benzene rings is 1. The van der Waals surface area contributed by atoms with E-state index in [-0.39, 0.29) is 17.5 Å². The fraction of sp³-hybridized carbons (Fsp3) is 0.444. The molecule has 1 aromatic heterocycles. The number of ether oxygens (including phenoxy) is 1. The molecule has 142 valence electrons. The van der Waals surface area contributed by atoms with Crippen molar-refractivity contribution < 1.29 is 17.6 Å². The van der Waals surface area contributed by atoms with Crippen molar-refractivity contribution in [1.82, 2.24) is 9.62 Å². The first-order chi connectivity index (χ1) is 12.5. The van der Waals surface area contributed by atoms with Crippen LogP contribution in [-0.2, 0) is 10.0 Å². The molecule has 1 aromatic carbocycles. The summed E-state index contributed by atoms with van der Waals surface area (Å²) in [5.74, 6) is 1.37. The van der Waals surface area contributed by atoms with Gasteiger partial charge in [0.15, 0.2) is 0 Å². The topological polar surface area (TPSA) is 71.8 Å². The zero-order valence-corrected chi connectivity index (χ0v) is 17.1. The van der Waals surface area contributed by atoms with Crippen molar-refractivity contribution in [2.75, 3.05) is 26.7 Å². The normalized spacial score (nSPS) is 17.2. The molecule has 0 bridgehead atoms. The second-order valence-electron chi connectivity index (χ2n) is 6.28. The minimum atomic E-state index is -3.64. The third-order valence-corrected chi connectivity index (χ3v) is 6.64. The molecule has 0 aliphatic carbocycles. The molecule has 1 atom stereocenters. The summed E-state index contributed by atoms with van der Waals surface area (Å²) < 4.78 is 39.5. The fourth-order valence-corrected chi connectivity index (χ4v) is 4.96. The molecule has 1 unspecified atom stereocenters. The van der Waals surface area contributed by atoms with Crippen LogP contribution in [0.15, 0.2) is 50.4 Å². The minimum Gasteiger partial charge on any atom is -0.496 e. The van der Waals surface area contributed by atoms with E-state index in [1.807, 2.05) is 12.1 Å². The first-order valence-electron chi connectivity index (χ1n) is 8.62. The number of methoxy groups -OCH3 is 1. The van der Waals surface area contributed by atoms with Crippen molar-refractivity contribution in [3.05, 3.63) is 46.8 Å². The second kappa shape index (κ2) is 8.56. The van der Waals surface area contributed by atoms with Crippen LogP contribution in [0.25, 0.3) is 0 Å². The largest absolute Gasteiger partial charge is 0.496 e. The average Bonchev–Trinajstić information content (AvgIpc) is 3.17. The van der Waals surface area contributed by atoms with E-state index in [0.717, 1.165) is 31.7 Å². The van der Waals surface area contributed by atoms with Gasteiger partial charge in [-0.2, -0.15) is 0 Å². The molecule has 6 nitrogen and oxygen atoms in total. The fourth-order valence-electron chi connectivity index (χ4n) is 3.21. The zero-order valence-electron chi connectivity index (χ0n) is 14.7. The Morgan fingerprint density at radius 1 is 1.27 bits per heavy atom. The van der Waals surface area contributed by atoms with E-state index in [1.54, 1.807) is 25.5 Å². The van der Waals surface area contributed by atoms with Crippen LogP contribution in [0.4, 0.5) is 0 Å². The van der Waals surface area contributed by atoms with Crippen LogP contribution in [0, 0.1) is 0 Å². The number of nitrogens with one attached hydrogen (secondary N) is 1. The average molecular weight is 443 g/mol. The summed E-state index contributed by atoms with van der Waals surface area (Å²) in [5.41, 5.74) is 0. The van der Waals surface area contributed by atoms with Crippen LogP contribution in [0.2, 0.25) is 0 Å². The smallest absolute Gasteiger partial charge is 0.240 e. The lowest BCUT2D eigenvalue weighted by Crippen LogP contribution is -2.40. The van der Waals surface area contributed by atoms with E-state index in [1.165, 1.54) is 12.5 Å². The highest BCUT2D eigenvalue weighted by Gasteiger charge is 2.26. The minimum absolute atomic E-state index is 0.109. The zero-order chi connectivity index (χ0) is 18.6. The molecule has 0 radical (unpaired) electrons. The first-order valence-corrected chi connectivity index (χ1v) is 10.9. The van der Waals surface area contributed by atoms with Gasteiger partial charge in [-0.15, -0.1) is 0 Å². The first kappa shape index (κ1) is 19.4. The van der Waals surface area contributed by atoms with Gasteiger partial charge in [0.25, 0.3) is 0 Å². The van der Waals surface area contributed by atoms with Crippen LogP contribution in [0.5, 0.6) is 5.75 Å². The van der Waals surface area contributed by atoms with E-state index in [4.69, 9.17) is 9.15 Å². The number of hydrogen-bond donors (Lipinski definition) is 1. The van der Waals surface area contributed by atoms with Gasteiger partial charge in [-0.1, -0.05) is 6.42 Å². The highest BCUT2D eigenvalue weighted by Crippen LogP contribution is 2.28. The standard InChI is InChI=1S/C18H23BrN2O4S/c1-24-17-8-7-14(12-15(17)19)26(22,23)20-13-16(18-6-5-11-25-18)21-9-3-2-4-10-21/h5-8,11-12,16,20H,2-4,9-10,13H2,1H3. The van der Waals surface area contributed by atoms with Crippen molar-refractivity contribution in [2.24, 2.45) is 0 Å². The molecule has 0 saturated carbocycles. The Balaban J connectivity index is 1.76. The summed E-state index contributed by atoms with van der Waals surface area (Å²) in [6, 6.07) is 8.34. The predicted octanol–water partition coefficient (Wildman–Crippen LogP) is 3.56. The molecule has 2 heterocycles. The van der Waals surface area contributed by atoms with E-state index in [2.05, 4.69) is 25.6 Å². The van der Waals surface area contributed by atoms with Crippen molar-refractivity contribution in [1.29, 1.82) is 0 Å². The molecular weight excluding hydrogens is 420 g/mol. The summed E-state index contributed by atoms with van der Waals surface area (Å²) in [6.07, 6.45) is 5.08. The van der Waals surface area contributed by atoms with Gasteiger partial charge in [-0.25, -0.2) is 13.1 Å². The Morgan fingerprint density at radius 3 is 2.65 bits per heavy atom. The summed E-state index contributed by atoms with van der Waals surface area (Å²) in [6.45, 7) is 2.15. The van der Waals surface area contributed by atoms with Crippen LogP contribution in [0.3, 0.4) is 0 Å². The third kappa shape index (κ3) is 4.49. The third-order valence-electron chi connectivity index (χ3n) is 4.60. The lowest BCUT2D eigenvalue weighted by Gasteiger charge is -2.33. The summed E-state index contributed by atoms with van der Waals surface area (Å²) in [7, 11) is -2.10. The summed E-state index contributed by atoms with van der Waals surface area (Å²) in [4.78, 5) is 2.48. The van der Waals surface area contributed by atoms with E-state index >= 15 is 0 Å². The van der Waals surface area contributed by atoms with Gasteiger partial charge >= 0.3 is 0 Å². The predicted molar refractivity (Wildman–Crippen MR) is 103 cm³/mol. The van der Waals surface area contributed by atoms with Crippen molar-refractivity contribution in [3.63, 3.8) is 0 Å². The van der Waals surface area contributed by atoms with Crippen molar-refractivity contribution in [2.45, 2.75) is 30.2 Å². The molecular formula is C18H23BrN2O4S. The Bertz CT molecular complexity index is 818. The molecule has 1 fully saturated rings. The molecule has 0 amide bonds. The Labute approximate surface area is 162 Å². The number of furan rings is 1. The molecule has 1 aliphatic rings. The highest BCUT2D eigenvalue weighted by molar-refractivity contribution is 9.10. The Kier molecular flexibility index (Phi) is 6.39. The van der Waals surface area contributed by atoms with Crippen LogP contribution < -0.4 is 9.46 Å². The number of nitrogens with zero attached hydrogens (tertiary/aromatic N) is 1. The monoisotopic (exact) mass is 442 g/mol. The maximum atomic E-state index is 12.7. The summed E-state index contributed by atoms with van der Waals surface area (Å²) in [5, 5.41) is 0. The number of hydrogen-bond acceptors (Lipinski definition) is 5.